The third kappa shape index (κ3) is 9.00. The normalized spacial score (nSPS) is 18.6. The van der Waals surface area contributed by atoms with Crippen LogP contribution in [0.5, 0.6) is 5.75 Å². The molecule has 1 aromatic carbocycles. The predicted octanol–water partition coefficient (Wildman–Crippen LogP) is 5.57. The Balaban J connectivity index is 0.000000382. The van der Waals surface area contributed by atoms with Crippen LogP contribution in [0.1, 0.15) is 86.1 Å². The van der Waals surface area contributed by atoms with Gasteiger partial charge in [-0.3, -0.25) is 14.5 Å². The summed E-state index contributed by atoms with van der Waals surface area (Å²) in [5.41, 5.74) is 13.6. The Morgan fingerprint density at radius 2 is 1.82 bits per heavy atom. The smallest absolute Gasteiger partial charge is 0.244 e. The molecule has 0 saturated heterocycles. The van der Waals surface area contributed by atoms with E-state index >= 15 is 0 Å². The van der Waals surface area contributed by atoms with Gasteiger partial charge in [0.1, 0.15) is 17.1 Å². The monoisotopic (exact) mass is 552 g/mol. The van der Waals surface area contributed by atoms with E-state index in [0.717, 1.165) is 43.4 Å². The number of benzene rings is 1. The average Bonchev–Trinajstić information content (AvgIpc) is 2.91. The van der Waals surface area contributed by atoms with E-state index in [-0.39, 0.29) is 24.0 Å². The third-order valence-corrected chi connectivity index (χ3v) is 7.35. The van der Waals surface area contributed by atoms with Crippen molar-refractivity contribution in [1.82, 2.24) is 4.90 Å². The first-order valence-corrected chi connectivity index (χ1v) is 14.3. The summed E-state index contributed by atoms with van der Waals surface area (Å²) in [6.45, 7) is 14.6. The van der Waals surface area contributed by atoms with E-state index in [2.05, 4.69) is 37.0 Å². The van der Waals surface area contributed by atoms with Gasteiger partial charge in [0, 0.05) is 11.1 Å². The molecule has 0 radical (unpaired) electrons. The first-order chi connectivity index (χ1) is 18.9. The average molecular weight is 553 g/mol. The minimum absolute atomic E-state index is 0.0222. The summed E-state index contributed by atoms with van der Waals surface area (Å²) in [5.74, 6) is 1.34. The van der Waals surface area contributed by atoms with Crippen LogP contribution in [0.3, 0.4) is 0 Å². The molecule has 0 saturated carbocycles. The number of allylic oxidation sites excluding steroid dienone is 3. The zero-order valence-corrected chi connectivity index (χ0v) is 25.4. The Morgan fingerprint density at radius 1 is 1.15 bits per heavy atom. The fourth-order valence-corrected chi connectivity index (χ4v) is 4.62. The molecule has 220 valence electrons. The number of hydrogen-bond donors (Lipinski definition) is 2. The third-order valence-electron chi connectivity index (χ3n) is 7.35. The minimum atomic E-state index is -0.494. The molecule has 0 spiro atoms. The summed E-state index contributed by atoms with van der Waals surface area (Å²) in [7, 11) is 0. The van der Waals surface area contributed by atoms with Crippen LogP contribution in [0.2, 0.25) is 0 Å². The van der Waals surface area contributed by atoms with E-state index in [1.807, 2.05) is 39.8 Å². The molecular weight excluding hydrogens is 504 g/mol. The number of primary amides is 1. The highest BCUT2D eigenvalue weighted by Gasteiger charge is 2.37. The van der Waals surface area contributed by atoms with Crippen LogP contribution in [0, 0.1) is 0 Å². The standard InChI is InChI=1S/C21H34N4O3.C11H14O/c1-6-10-16(17(28-9-4)12-11-15(5)19(22)27)14-25-18(26)13-21(7-2,8-3)24-20(25)23;1-11(2)8-7-9-5-3-4-6-10(9)12-11/h10-12H,6-9,13-14H2,1-5H3,(H2,22,27)(H2,23,24);3-6H,7-8H2,1-2H3/b15-11+,16-10+,17-12+;. The molecule has 2 aliphatic rings. The predicted molar refractivity (Wildman–Crippen MR) is 162 cm³/mol. The molecule has 0 atom stereocenters. The van der Waals surface area contributed by atoms with Crippen molar-refractivity contribution < 1.29 is 19.1 Å². The Kier molecular flexibility index (Phi) is 12.0. The van der Waals surface area contributed by atoms with Crippen LogP contribution in [-0.4, -0.2) is 47.0 Å². The zero-order chi connectivity index (χ0) is 29.9. The Morgan fingerprint density at radius 3 is 2.40 bits per heavy atom. The van der Waals surface area contributed by atoms with Crippen molar-refractivity contribution in [2.75, 3.05) is 13.2 Å². The summed E-state index contributed by atoms with van der Waals surface area (Å²) in [4.78, 5) is 30.2. The van der Waals surface area contributed by atoms with Crippen molar-refractivity contribution in [1.29, 1.82) is 0 Å². The maximum absolute atomic E-state index is 12.8. The molecule has 0 unspecified atom stereocenters. The molecule has 40 heavy (non-hydrogen) atoms. The second-order valence-corrected chi connectivity index (χ2v) is 10.8. The molecule has 0 fully saturated rings. The number of para-hydroxylation sites is 1. The van der Waals surface area contributed by atoms with E-state index in [9.17, 15) is 9.59 Å². The molecular formula is C32H48N4O4. The summed E-state index contributed by atoms with van der Waals surface area (Å²) >= 11 is 0. The maximum atomic E-state index is 12.8. The number of carbonyl (C=O) groups is 2. The first-order valence-electron chi connectivity index (χ1n) is 14.3. The molecule has 2 amide bonds. The summed E-state index contributed by atoms with van der Waals surface area (Å²) in [6, 6.07) is 8.29. The van der Waals surface area contributed by atoms with Gasteiger partial charge in [-0.15, -0.1) is 0 Å². The second-order valence-electron chi connectivity index (χ2n) is 10.8. The lowest BCUT2D eigenvalue weighted by atomic mass is 9.88. The van der Waals surface area contributed by atoms with Gasteiger partial charge in [0.05, 0.1) is 25.1 Å². The largest absolute Gasteiger partial charge is 0.494 e. The molecule has 8 heteroatoms. The van der Waals surface area contributed by atoms with Crippen LogP contribution in [0.25, 0.3) is 0 Å². The Bertz CT molecular complexity index is 1160. The van der Waals surface area contributed by atoms with Gasteiger partial charge in [-0.05, 0) is 77.5 Å². The SMILES string of the molecule is CC/C=C(CN1C(=O)CC(CC)(CC)N=C1N)/C(=C\C=C(/C)C(N)=O)OCC.CC1(C)CCc2ccccc2O1. The number of amides is 2. The zero-order valence-electron chi connectivity index (χ0n) is 25.4. The lowest BCUT2D eigenvalue weighted by Crippen LogP contribution is -2.52. The topological polar surface area (TPSA) is 120 Å². The molecule has 0 aromatic heterocycles. The van der Waals surface area contributed by atoms with Crippen molar-refractivity contribution in [2.45, 2.75) is 98.1 Å². The molecule has 1 aromatic rings. The number of rotatable bonds is 10. The summed E-state index contributed by atoms with van der Waals surface area (Å²) in [6.07, 6.45) is 10.2. The van der Waals surface area contributed by atoms with Gasteiger partial charge in [-0.25, -0.2) is 4.99 Å². The van der Waals surface area contributed by atoms with Crippen LogP contribution in [0.15, 0.2) is 64.4 Å². The fraction of sp³-hybridized carbons (Fsp3) is 0.531. The number of aryl methyl sites for hydroxylation is 1. The van der Waals surface area contributed by atoms with Crippen molar-refractivity contribution in [2.24, 2.45) is 16.5 Å². The van der Waals surface area contributed by atoms with Gasteiger partial charge in [0.2, 0.25) is 11.8 Å². The van der Waals surface area contributed by atoms with Crippen molar-refractivity contribution in [3.63, 3.8) is 0 Å². The Hall–Kier alpha value is -3.55. The number of hydrogen-bond acceptors (Lipinski definition) is 6. The molecule has 3 rings (SSSR count). The second kappa shape index (κ2) is 14.7. The molecule has 8 nitrogen and oxygen atoms in total. The van der Waals surface area contributed by atoms with Gasteiger partial charge in [-0.1, -0.05) is 51.1 Å². The van der Waals surface area contributed by atoms with Crippen molar-refractivity contribution >= 4 is 17.8 Å². The van der Waals surface area contributed by atoms with Crippen LogP contribution < -0.4 is 16.2 Å². The van der Waals surface area contributed by atoms with Crippen LogP contribution in [-0.2, 0) is 20.7 Å². The summed E-state index contributed by atoms with van der Waals surface area (Å²) < 4.78 is 11.6. The molecule has 0 bridgehead atoms. The van der Waals surface area contributed by atoms with Crippen LogP contribution >= 0.6 is 0 Å². The number of fused-ring (bicyclic) bond motifs is 1. The van der Waals surface area contributed by atoms with Crippen LogP contribution in [0.4, 0.5) is 0 Å². The lowest BCUT2D eigenvalue weighted by Gasteiger charge is -2.36. The number of aliphatic imine (C=N–C) groups is 1. The van der Waals surface area contributed by atoms with Gasteiger partial charge in [-0.2, -0.15) is 0 Å². The number of guanidine groups is 1. The van der Waals surface area contributed by atoms with E-state index in [0.29, 0.717) is 24.4 Å². The molecule has 4 N–H and O–H groups in total. The maximum Gasteiger partial charge on any atom is 0.244 e. The number of carbonyl (C=O) groups excluding carboxylic acids is 2. The fourth-order valence-electron chi connectivity index (χ4n) is 4.62. The molecule has 0 aliphatic carbocycles. The van der Waals surface area contributed by atoms with Crippen molar-refractivity contribution in [3.05, 3.63) is 65.0 Å². The van der Waals surface area contributed by atoms with E-state index in [1.54, 1.807) is 19.1 Å². The highest BCUT2D eigenvalue weighted by Crippen LogP contribution is 2.32. The van der Waals surface area contributed by atoms with Gasteiger partial charge in [0.25, 0.3) is 0 Å². The number of nitrogens with two attached hydrogens (primary N) is 2. The molecule has 2 heterocycles. The number of nitrogens with zero attached hydrogens (tertiary/aromatic N) is 2. The molecule has 2 aliphatic heterocycles. The summed E-state index contributed by atoms with van der Waals surface area (Å²) in [5, 5.41) is 0. The van der Waals surface area contributed by atoms with E-state index < -0.39 is 11.4 Å². The highest BCUT2D eigenvalue weighted by molar-refractivity contribution is 5.99. The first kappa shape index (κ1) is 32.7. The lowest BCUT2D eigenvalue weighted by molar-refractivity contribution is -0.129. The Labute approximate surface area is 240 Å². The van der Waals surface area contributed by atoms with Gasteiger partial charge >= 0.3 is 0 Å². The number of ether oxygens (including phenoxy) is 2. The van der Waals surface area contributed by atoms with Crippen molar-refractivity contribution in [3.8, 4) is 5.75 Å². The van der Waals surface area contributed by atoms with E-state index in [1.165, 1.54) is 10.5 Å². The van der Waals surface area contributed by atoms with Gasteiger partial charge < -0.3 is 20.9 Å². The quantitative estimate of drug-likeness (QED) is 0.223. The van der Waals surface area contributed by atoms with Gasteiger partial charge in [0.15, 0.2) is 5.96 Å². The minimum Gasteiger partial charge on any atom is -0.494 e. The van der Waals surface area contributed by atoms with E-state index in [4.69, 9.17) is 20.9 Å². The highest BCUT2D eigenvalue weighted by atomic mass is 16.5.